The molecule has 0 amide bonds. The van der Waals surface area contributed by atoms with Gasteiger partial charge in [-0.25, -0.2) is 22.9 Å². The van der Waals surface area contributed by atoms with Gasteiger partial charge in [0.1, 0.15) is 29.5 Å². The third-order valence-corrected chi connectivity index (χ3v) is 6.54. The predicted molar refractivity (Wildman–Crippen MR) is 128 cm³/mol. The molecule has 35 heavy (non-hydrogen) atoms. The van der Waals surface area contributed by atoms with Crippen LogP contribution in [0.1, 0.15) is 11.3 Å². The summed E-state index contributed by atoms with van der Waals surface area (Å²) >= 11 is 0. The average molecular weight is 490 g/mol. The van der Waals surface area contributed by atoms with E-state index in [-0.39, 0.29) is 17.3 Å². The first kappa shape index (κ1) is 22.3. The molecule has 5 rings (SSSR count). The molecule has 0 bridgehead atoms. The standard InChI is InChI=1S/C24H19N5O5S/c1-16-12-24(30)34-22-13-19(7-10-21(16)22)33-15-17-14-29(28-26-17)18-5-8-20(9-6-18)35(31,32)27-23-4-2-3-11-25-23/h2-14H,15H2,1H3,(H,25,27). The van der Waals surface area contributed by atoms with Crippen molar-refractivity contribution >= 4 is 26.8 Å². The van der Waals surface area contributed by atoms with Crippen molar-refractivity contribution in [3.8, 4) is 11.4 Å². The van der Waals surface area contributed by atoms with Crippen LogP contribution in [0.15, 0.2) is 93.2 Å². The Balaban J connectivity index is 1.27. The minimum Gasteiger partial charge on any atom is -0.487 e. The molecule has 0 radical (unpaired) electrons. The number of hydrogen-bond donors (Lipinski definition) is 1. The highest BCUT2D eigenvalue weighted by Gasteiger charge is 2.15. The van der Waals surface area contributed by atoms with E-state index >= 15 is 0 Å². The Morgan fingerprint density at radius 2 is 1.89 bits per heavy atom. The van der Waals surface area contributed by atoms with Crippen molar-refractivity contribution in [2.75, 3.05) is 4.72 Å². The molecule has 2 aromatic carbocycles. The summed E-state index contributed by atoms with van der Waals surface area (Å²) in [4.78, 5) is 15.7. The molecule has 3 heterocycles. The molecule has 10 nitrogen and oxygen atoms in total. The summed E-state index contributed by atoms with van der Waals surface area (Å²) in [5.41, 5.74) is 2.05. The van der Waals surface area contributed by atoms with Gasteiger partial charge in [0.25, 0.3) is 10.0 Å². The molecular weight excluding hydrogens is 470 g/mol. The SMILES string of the molecule is Cc1cc(=O)oc2cc(OCc3cn(-c4ccc(S(=O)(=O)Nc5ccccn5)cc4)nn3)ccc12. The number of benzene rings is 2. The van der Waals surface area contributed by atoms with Crippen LogP contribution in [-0.4, -0.2) is 28.4 Å². The van der Waals surface area contributed by atoms with Crippen LogP contribution >= 0.6 is 0 Å². The van der Waals surface area contributed by atoms with E-state index < -0.39 is 15.6 Å². The van der Waals surface area contributed by atoms with Gasteiger partial charge >= 0.3 is 5.63 Å². The second kappa shape index (κ2) is 9.03. The quantitative estimate of drug-likeness (QED) is 0.344. The van der Waals surface area contributed by atoms with Crippen LogP contribution in [0.25, 0.3) is 16.7 Å². The van der Waals surface area contributed by atoms with Gasteiger partial charge in [0.2, 0.25) is 0 Å². The number of ether oxygens (including phenoxy) is 1. The lowest BCUT2D eigenvalue weighted by molar-refractivity contribution is 0.301. The number of fused-ring (bicyclic) bond motifs is 1. The summed E-state index contributed by atoms with van der Waals surface area (Å²) in [6, 6.07) is 17.9. The molecule has 0 atom stereocenters. The lowest BCUT2D eigenvalue weighted by Crippen LogP contribution is -2.13. The third-order valence-electron chi connectivity index (χ3n) is 5.17. The summed E-state index contributed by atoms with van der Waals surface area (Å²) in [6.45, 7) is 1.99. The van der Waals surface area contributed by atoms with Gasteiger partial charge in [-0.2, -0.15) is 0 Å². The summed E-state index contributed by atoms with van der Waals surface area (Å²) in [5.74, 6) is 0.761. The number of nitrogens with zero attached hydrogens (tertiary/aromatic N) is 4. The topological polar surface area (TPSA) is 129 Å². The zero-order valence-electron chi connectivity index (χ0n) is 18.5. The Labute approximate surface area is 199 Å². The highest BCUT2D eigenvalue weighted by Crippen LogP contribution is 2.23. The molecule has 3 aromatic heterocycles. The van der Waals surface area contributed by atoms with E-state index in [0.717, 1.165) is 10.9 Å². The van der Waals surface area contributed by atoms with Crippen molar-refractivity contribution in [3.63, 3.8) is 0 Å². The smallest absolute Gasteiger partial charge is 0.336 e. The second-order valence-electron chi connectivity index (χ2n) is 7.66. The van der Waals surface area contributed by atoms with Crippen LogP contribution in [0.3, 0.4) is 0 Å². The van der Waals surface area contributed by atoms with Crippen molar-refractivity contribution in [1.29, 1.82) is 0 Å². The van der Waals surface area contributed by atoms with Crippen molar-refractivity contribution in [3.05, 3.63) is 101 Å². The van der Waals surface area contributed by atoms with E-state index in [9.17, 15) is 13.2 Å². The first-order valence-electron chi connectivity index (χ1n) is 10.5. The highest BCUT2D eigenvalue weighted by atomic mass is 32.2. The lowest BCUT2D eigenvalue weighted by Gasteiger charge is -2.08. The molecule has 0 aliphatic carbocycles. The van der Waals surface area contributed by atoms with Crippen molar-refractivity contribution < 1.29 is 17.6 Å². The maximum Gasteiger partial charge on any atom is 0.336 e. The van der Waals surface area contributed by atoms with Crippen LogP contribution in [0.2, 0.25) is 0 Å². The minimum absolute atomic E-state index is 0.0915. The minimum atomic E-state index is -3.77. The Kier molecular flexibility index (Phi) is 5.75. The molecule has 11 heteroatoms. The summed E-state index contributed by atoms with van der Waals surface area (Å²) in [7, 11) is -3.77. The zero-order chi connectivity index (χ0) is 24.4. The molecule has 5 aromatic rings. The molecule has 0 saturated heterocycles. The lowest BCUT2D eigenvalue weighted by atomic mass is 10.1. The van der Waals surface area contributed by atoms with Crippen LogP contribution in [0.4, 0.5) is 5.82 Å². The Morgan fingerprint density at radius 3 is 2.66 bits per heavy atom. The molecule has 0 aliphatic heterocycles. The van der Waals surface area contributed by atoms with E-state index in [0.29, 0.717) is 22.7 Å². The van der Waals surface area contributed by atoms with Crippen molar-refractivity contribution in [1.82, 2.24) is 20.0 Å². The number of anilines is 1. The number of sulfonamides is 1. The number of aryl methyl sites for hydroxylation is 1. The van der Waals surface area contributed by atoms with E-state index in [2.05, 4.69) is 20.0 Å². The van der Waals surface area contributed by atoms with Crippen LogP contribution in [0, 0.1) is 6.92 Å². The van der Waals surface area contributed by atoms with Gasteiger partial charge in [-0.1, -0.05) is 11.3 Å². The number of hydrogen-bond acceptors (Lipinski definition) is 8. The highest BCUT2D eigenvalue weighted by molar-refractivity contribution is 7.92. The average Bonchev–Trinajstić information content (AvgIpc) is 3.32. The molecule has 0 unspecified atom stereocenters. The van der Waals surface area contributed by atoms with Gasteiger partial charge in [0.15, 0.2) is 0 Å². The first-order chi connectivity index (χ1) is 16.9. The number of rotatable bonds is 7. The maximum absolute atomic E-state index is 12.6. The summed E-state index contributed by atoms with van der Waals surface area (Å²) < 4.78 is 40.1. The molecule has 0 spiro atoms. The number of pyridine rings is 1. The normalized spacial score (nSPS) is 11.5. The fourth-order valence-electron chi connectivity index (χ4n) is 3.44. The van der Waals surface area contributed by atoms with Crippen LogP contribution in [-0.2, 0) is 16.6 Å². The summed E-state index contributed by atoms with van der Waals surface area (Å²) in [5, 5.41) is 9.02. The number of nitrogens with one attached hydrogen (secondary N) is 1. The second-order valence-corrected chi connectivity index (χ2v) is 9.35. The van der Waals surface area contributed by atoms with Crippen LogP contribution < -0.4 is 15.1 Å². The fourth-order valence-corrected chi connectivity index (χ4v) is 4.45. The number of aromatic nitrogens is 4. The zero-order valence-corrected chi connectivity index (χ0v) is 19.3. The Morgan fingerprint density at radius 1 is 1.06 bits per heavy atom. The van der Waals surface area contributed by atoms with Crippen molar-refractivity contribution in [2.45, 2.75) is 18.4 Å². The Hall–Kier alpha value is -4.51. The Bertz CT molecular complexity index is 1660. The van der Waals surface area contributed by atoms with Crippen molar-refractivity contribution in [2.24, 2.45) is 0 Å². The van der Waals surface area contributed by atoms with Gasteiger partial charge in [-0.15, -0.1) is 5.10 Å². The molecule has 176 valence electrons. The van der Waals surface area contributed by atoms with E-state index in [1.54, 1.807) is 48.7 Å². The molecule has 0 fully saturated rings. The predicted octanol–water partition coefficient (Wildman–Crippen LogP) is 3.46. The monoisotopic (exact) mass is 489 g/mol. The molecule has 0 aliphatic rings. The van der Waals surface area contributed by atoms with Gasteiger partial charge < -0.3 is 9.15 Å². The van der Waals surface area contributed by atoms with Gasteiger partial charge in [-0.05, 0) is 61.0 Å². The molecule has 1 N–H and O–H groups in total. The third kappa shape index (κ3) is 4.89. The van der Waals surface area contributed by atoms with Gasteiger partial charge in [0, 0.05) is 23.7 Å². The van der Waals surface area contributed by atoms with Gasteiger partial charge in [-0.3, -0.25) is 4.72 Å². The first-order valence-corrected chi connectivity index (χ1v) is 12.0. The summed E-state index contributed by atoms with van der Waals surface area (Å²) in [6.07, 6.45) is 3.19. The maximum atomic E-state index is 12.6. The van der Waals surface area contributed by atoms with E-state index in [4.69, 9.17) is 9.15 Å². The largest absolute Gasteiger partial charge is 0.487 e. The molecular formula is C24H19N5O5S. The van der Waals surface area contributed by atoms with E-state index in [1.165, 1.54) is 29.1 Å². The van der Waals surface area contributed by atoms with Gasteiger partial charge in [0.05, 0.1) is 16.8 Å². The van der Waals surface area contributed by atoms with Crippen LogP contribution in [0.5, 0.6) is 5.75 Å². The molecule has 0 saturated carbocycles. The fraction of sp³-hybridized carbons (Fsp3) is 0.0833. The van der Waals surface area contributed by atoms with E-state index in [1.807, 2.05) is 13.0 Å².